The Labute approximate surface area is 125 Å². The molecule has 0 aliphatic heterocycles. The first kappa shape index (κ1) is 14.3. The molecule has 1 heterocycles. The predicted octanol–water partition coefficient (Wildman–Crippen LogP) is 3.45. The molecule has 0 atom stereocenters. The summed E-state index contributed by atoms with van der Waals surface area (Å²) >= 11 is 4.91. The molecule has 3 nitrogen and oxygen atoms in total. The zero-order valence-electron chi connectivity index (χ0n) is 11.1. The van der Waals surface area contributed by atoms with Crippen LogP contribution in [0.4, 0.5) is 0 Å². The molecular formula is C14H15BrN2OS. The molecule has 0 spiro atoms. The molecular weight excluding hydrogens is 324 g/mol. The van der Waals surface area contributed by atoms with Gasteiger partial charge in [0.1, 0.15) is 15.3 Å². The number of thioether (sulfide) groups is 1. The van der Waals surface area contributed by atoms with Gasteiger partial charge in [0.25, 0.3) is 5.56 Å². The molecule has 0 radical (unpaired) electrons. The van der Waals surface area contributed by atoms with E-state index in [4.69, 9.17) is 0 Å². The van der Waals surface area contributed by atoms with Crippen molar-refractivity contribution in [2.75, 3.05) is 0 Å². The van der Waals surface area contributed by atoms with Crippen LogP contribution in [-0.4, -0.2) is 9.55 Å². The number of nitrogens with zero attached hydrogens (tertiary/aromatic N) is 2. The second-order valence-corrected chi connectivity index (χ2v) is 6.17. The van der Waals surface area contributed by atoms with Crippen molar-refractivity contribution in [2.24, 2.45) is 7.05 Å². The molecule has 1 aromatic carbocycles. The van der Waals surface area contributed by atoms with E-state index in [-0.39, 0.29) is 5.56 Å². The maximum Gasteiger partial charge on any atom is 0.268 e. The Bertz CT molecular complexity index is 650. The fourth-order valence-corrected chi connectivity index (χ4v) is 3.19. The van der Waals surface area contributed by atoms with Crippen molar-refractivity contribution in [3.63, 3.8) is 0 Å². The topological polar surface area (TPSA) is 34.9 Å². The molecule has 100 valence electrons. The van der Waals surface area contributed by atoms with Gasteiger partial charge in [0.05, 0.1) is 0 Å². The van der Waals surface area contributed by atoms with Crippen molar-refractivity contribution in [2.45, 2.75) is 24.6 Å². The van der Waals surface area contributed by atoms with E-state index in [0.29, 0.717) is 4.47 Å². The summed E-state index contributed by atoms with van der Waals surface area (Å²) in [6.07, 6.45) is 0. The van der Waals surface area contributed by atoms with Crippen LogP contribution in [0.15, 0.2) is 38.6 Å². The van der Waals surface area contributed by atoms with E-state index in [1.807, 2.05) is 6.92 Å². The van der Waals surface area contributed by atoms with E-state index in [1.165, 1.54) is 11.1 Å². The average molecular weight is 339 g/mol. The van der Waals surface area contributed by atoms with Gasteiger partial charge in [0, 0.05) is 12.8 Å². The molecule has 0 saturated heterocycles. The molecule has 0 bridgehead atoms. The summed E-state index contributed by atoms with van der Waals surface area (Å²) in [6.45, 7) is 3.91. The van der Waals surface area contributed by atoms with E-state index < -0.39 is 0 Å². The molecule has 0 unspecified atom stereocenters. The SMILES string of the molecule is Cc1ccc(CSc2nc(C)n(C)c(=O)c2Br)cc1. The van der Waals surface area contributed by atoms with Crippen LogP contribution in [0.3, 0.4) is 0 Å². The van der Waals surface area contributed by atoms with Crippen LogP contribution < -0.4 is 5.56 Å². The largest absolute Gasteiger partial charge is 0.299 e. The average Bonchev–Trinajstić information content (AvgIpc) is 2.41. The minimum Gasteiger partial charge on any atom is -0.299 e. The molecule has 0 fully saturated rings. The van der Waals surface area contributed by atoms with Gasteiger partial charge in [-0.3, -0.25) is 9.36 Å². The lowest BCUT2D eigenvalue weighted by atomic mass is 10.2. The lowest BCUT2D eigenvalue weighted by molar-refractivity contribution is 0.739. The second-order valence-electron chi connectivity index (χ2n) is 4.42. The normalized spacial score (nSPS) is 10.7. The van der Waals surface area contributed by atoms with Crippen molar-refractivity contribution in [1.82, 2.24) is 9.55 Å². The van der Waals surface area contributed by atoms with E-state index in [0.717, 1.165) is 16.6 Å². The van der Waals surface area contributed by atoms with Gasteiger partial charge >= 0.3 is 0 Å². The maximum atomic E-state index is 11.9. The Balaban J connectivity index is 2.20. The van der Waals surface area contributed by atoms with E-state index in [1.54, 1.807) is 23.4 Å². The minimum atomic E-state index is -0.0427. The standard InChI is InChI=1S/C14H15BrN2OS/c1-9-4-6-11(7-5-9)8-19-13-12(15)14(18)17(3)10(2)16-13/h4-7H,8H2,1-3H3. The highest BCUT2D eigenvalue weighted by Crippen LogP contribution is 2.26. The van der Waals surface area contributed by atoms with Crippen molar-refractivity contribution >= 4 is 27.7 Å². The van der Waals surface area contributed by atoms with Crippen LogP contribution in [-0.2, 0) is 12.8 Å². The third kappa shape index (κ3) is 3.28. The predicted molar refractivity (Wildman–Crippen MR) is 82.7 cm³/mol. The molecule has 0 N–H and O–H groups in total. The zero-order chi connectivity index (χ0) is 14.0. The highest BCUT2D eigenvalue weighted by Gasteiger charge is 2.10. The Morgan fingerprint density at radius 1 is 1.26 bits per heavy atom. The quantitative estimate of drug-likeness (QED) is 0.635. The van der Waals surface area contributed by atoms with Gasteiger partial charge in [-0.1, -0.05) is 29.8 Å². The van der Waals surface area contributed by atoms with Crippen molar-refractivity contribution in [3.05, 3.63) is 56.0 Å². The highest BCUT2D eigenvalue weighted by molar-refractivity contribution is 9.10. The fraction of sp³-hybridized carbons (Fsp3) is 0.286. The highest BCUT2D eigenvalue weighted by atomic mass is 79.9. The molecule has 0 saturated carbocycles. The van der Waals surface area contributed by atoms with Crippen LogP contribution in [0.5, 0.6) is 0 Å². The van der Waals surface area contributed by atoms with Gasteiger partial charge in [-0.15, -0.1) is 11.8 Å². The number of hydrogen-bond acceptors (Lipinski definition) is 3. The Morgan fingerprint density at radius 2 is 1.89 bits per heavy atom. The molecule has 0 amide bonds. The smallest absolute Gasteiger partial charge is 0.268 e. The van der Waals surface area contributed by atoms with E-state index in [9.17, 15) is 4.79 Å². The monoisotopic (exact) mass is 338 g/mol. The fourth-order valence-electron chi connectivity index (χ4n) is 1.59. The third-order valence-electron chi connectivity index (χ3n) is 2.93. The maximum absolute atomic E-state index is 11.9. The van der Waals surface area contributed by atoms with Crippen molar-refractivity contribution < 1.29 is 0 Å². The molecule has 0 aliphatic rings. The van der Waals surface area contributed by atoms with E-state index in [2.05, 4.69) is 52.1 Å². The van der Waals surface area contributed by atoms with Crippen LogP contribution in [0.1, 0.15) is 17.0 Å². The number of benzene rings is 1. The first-order chi connectivity index (χ1) is 8.99. The van der Waals surface area contributed by atoms with Crippen LogP contribution in [0, 0.1) is 13.8 Å². The van der Waals surface area contributed by atoms with Crippen LogP contribution in [0.2, 0.25) is 0 Å². The van der Waals surface area contributed by atoms with Crippen molar-refractivity contribution in [1.29, 1.82) is 0 Å². The number of aryl methyl sites for hydroxylation is 2. The van der Waals surface area contributed by atoms with Crippen molar-refractivity contribution in [3.8, 4) is 0 Å². The molecule has 0 aliphatic carbocycles. The first-order valence-electron chi connectivity index (χ1n) is 5.90. The number of halogens is 1. The minimum absolute atomic E-state index is 0.0427. The summed E-state index contributed by atoms with van der Waals surface area (Å²) in [4.78, 5) is 16.4. The second kappa shape index (κ2) is 5.92. The summed E-state index contributed by atoms with van der Waals surface area (Å²) in [5, 5.41) is 0.751. The Morgan fingerprint density at radius 3 is 2.53 bits per heavy atom. The van der Waals surface area contributed by atoms with Gasteiger partial charge in [-0.05, 0) is 35.3 Å². The van der Waals surface area contributed by atoms with Gasteiger partial charge < -0.3 is 0 Å². The van der Waals surface area contributed by atoms with Gasteiger partial charge in [-0.2, -0.15) is 0 Å². The summed E-state index contributed by atoms with van der Waals surface area (Å²) in [6, 6.07) is 8.38. The van der Waals surface area contributed by atoms with Gasteiger partial charge in [-0.25, -0.2) is 4.98 Å². The molecule has 1 aromatic heterocycles. The zero-order valence-corrected chi connectivity index (χ0v) is 13.5. The van der Waals surface area contributed by atoms with Gasteiger partial charge in [0.15, 0.2) is 0 Å². The lowest BCUT2D eigenvalue weighted by Crippen LogP contribution is -2.21. The van der Waals surface area contributed by atoms with Gasteiger partial charge in [0.2, 0.25) is 0 Å². The Kier molecular flexibility index (Phi) is 4.47. The molecule has 19 heavy (non-hydrogen) atoms. The summed E-state index contributed by atoms with van der Waals surface area (Å²) in [5.74, 6) is 1.53. The Hall–Kier alpha value is -1.07. The summed E-state index contributed by atoms with van der Waals surface area (Å²) < 4.78 is 2.08. The number of hydrogen-bond donors (Lipinski definition) is 0. The number of aromatic nitrogens is 2. The molecule has 5 heteroatoms. The summed E-state index contributed by atoms with van der Waals surface area (Å²) in [7, 11) is 1.73. The van der Waals surface area contributed by atoms with Crippen LogP contribution in [0.25, 0.3) is 0 Å². The third-order valence-corrected chi connectivity index (χ3v) is 4.95. The number of rotatable bonds is 3. The molecule has 2 rings (SSSR count). The van der Waals surface area contributed by atoms with Crippen LogP contribution >= 0.6 is 27.7 Å². The van der Waals surface area contributed by atoms with E-state index >= 15 is 0 Å². The first-order valence-corrected chi connectivity index (χ1v) is 7.68. The molecule has 2 aromatic rings. The summed E-state index contributed by atoms with van der Waals surface area (Å²) in [5.41, 5.74) is 2.43. The lowest BCUT2D eigenvalue weighted by Gasteiger charge is -2.08.